The summed E-state index contributed by atoms with van der Waals surface area (Å²) in [6, 6.07) is 2.62. The van der Waals surface area contributed by atoms with Crippen LogP contribution in [0.1, 0.15) is 36.9 Å². The van der Waals surface area contributed by atoms with Crippen molar-refractivity contribution in [2.75, 3.05) is 18.0 Å². The minimum Gasteiger partial charge on any atom is -0.355 e. The molecule has 1 saturated heterocycles. The summed E-state index contributed by atoms with van der Waals surface area (Å²) in [6.45, 7) is 2.04. The van der Waals surface area contributed by atoms with E-state index in [1.807, 2.05) is 0 Å². The van der Waals surface area contributed by atoms with Gasteiger partial charge in [0.25, 0.3) is 0 Å². The largest absolute Gasteiger partial charge is 0.355 e. The number of rotatable bonds is 1. The maximum Gasteiger partial charge on any atom is 0.151 e. The number of halogens is 2. The number of hydrogen-bond donors (Lipinski definition) is 1. The molecule has 0 bridgehead atoms. The maximum absolute atomic E-state index is 5.92. The van der Waals surface area contributed by atoms with E-state index in [1.165, 1.54) is 30.5 Å². The number of nitrogens with two attached hydrogens (primary N) is 1. The van der Waals surface area contributed by atoms with E-state index in [-0.39, 0.29) is 24.8 Å². The third kappa shape index (κ3) is 3.71. The molecule has 19 heavy (non-hydrogen) atoms. The molecule has 1 aromatic heterocycles. The van der Waals surface area contributed by atoms with Crippen LogP contribution < -0.4 is 10.6 Å². The predicted molar refractivity (Wildman–Crippen MR) is 82.6 cm³/mol. The molecule has 6 heteroatoms. The average Bonchev–Trinajstić information content (AvgIpc) is 2.39. The van der Waals surface area contributed by atoms with Gasteiger partial charge < -0.3 is 10.6 Å². The van der Waals surface area contributed by atoms with Crippen LogP contribution in [0.2, 0.25) is 0 Å². The molecule has 0 saturated carbocycles. The van der Waals surface area contributed by atoms with Gasteiger partial charge in [0.15, 0.2) is 5.82 Å². The van der Waals surface area contributed by atoms with Gasteiger partial charge in [-0.05, 0) is 50.2 Å². The molecule has 2 N–H and O–H groups in total. The van der Waals surface area contributed by atoms with E-state index in [1.54, 1.807) is 0 Å². The quantitative estimate of drug-likeness (QED) is 0.863. The number of aryl methyl sites for hydroxylation is 2. The van der Waals surface area contributed by atoms with Crippen LogP contribution in [0.5, 0.6) is 0 Å². The van der Waals surface area contributed by atoms with E-state index in [0.29, 0.717) is 6.04 Å². The smallest absolute Gasteiger partial charge is 0.151 e. The van der Waals surface area contributed by atoms with Crippen LogP contribution in [0.4, 0.5) is 5.82 Å². The van der Waals surface area contributed by atoms with Crippen LogP contribution in [0, 0.1) is 0 Å². The molecule has 0 unspecified atom stereocenters. The molecule has 1 aliphatic carbocycles. The maximum atomic E-state index is 5.92. The first-order valence-electron chi connectivity index (χ1n) is 6.69. The fraction of sp³-hybridized carbons (Fsp3) is 0.692. The molecule has 108 valence electrons. The Kier molecular flexibility index (Phi) is 6.30. The summed E-state index contributed by atoms with van der Waals surface area (Å²) in [6.07, 6.45) is 6.97. The Morgan fingerprint density at radius 1 is 1.05 bits per heavy atom. The highest BCUT2D eigenvalue weighted by Gasteiger charge is 2.19. The summed E-state index contributed by atoms with van der Waals surface area (Å²) in [7, 11) is 0. The van der Waals surface area contributed by atoms with Crippen molar-refractivity contribution in [3.63, 3.8) is 0 Å². The topological polar surface area (TPSA) is 55.0 Å². The number of aromatic nitrogens is 2. The number of fused-ring (bicyclic) bond motifs is 1. The molecule has 4 nitrogen and oxygen atoms in total. The van der Waals surface area contributed by atoms with Gasteiger partial charge in [-0.3, -0.25) is 0 Å². The van der Waals surface area contributed by atoms with Gasteiger partial charge >= 0.3 is 0 Å². The Balaban J connectivity index is 0.000000902. The van der Waals surface area contributed by atoms with Crippen molar-refractivity contribution in [1.82, 2.24) is 10.2 Å². The Hall–Kier alpha value is -0.580. The molecular formula is C13H22Cl2N4. The lowest BCUT2D eigenvalue weighted by Gasteiger charge is -2.31. The summed E-state index contributed by atoms with van der Waals surface area (Å²) in [5.74, 6) is 1.05. The number of nitrogens with zero attached hydrogens (tertiary/aromatic N) is 3. The van der Waals surface area contributed by atoms with Gasteiger partial charge in [0, 0.05) is 19.1 Å². The zero-order valence-electron chi connectivity index (χ0n) is 11.0. The molecule has 0 atom stereocenters. The number of hydrogen-bond acceptors (Lipinski definition) is 4. The SMILES string of the molecule is Cl.Cl.NC1CCN(c2cc3c(nn2)CCCC3)CC1. The predicted octanol–water partition coefficient (Wildman–Crippen LogP) is 2.13. The molecule has 1 aliphatic heterocycles. The van der Waals surface area contributed by atoms with Crippen molar-refractivity contribution in [3.8, 4) is 0 Å². The van der Waals surface area contributed by atoms with E-state index < -0.39 is 0 Å². The Morgan fingerprint density at radius 3 is 2.47 bits per heavy atom. The molecular weight excluding hydrogens is 283 g/mol. The van der Waals surface area contributed by atoms with Gasteiger partial charge in [-0.2, -0.15) is 5.10 Å². The molecule has 2 heterocycles. The van der Waals surface area contributed by atoms with Gasteiger partial charge in [-0.15, -0.1) is 29.9 Å². The van der Waals surface area contributed by atoms with E-state index in [4.69, 9.17) is 5.73 Å². The number of anilines is 1. The molecule has 0 amide bonds. The first-order valence-corrected chi connectivity index (χ1v) is 6.69. The Bertz CT molecular complexity index is 406. The van der Waals surface area contributed by atoms with Gasteiger partial charge in [-0.1, -0.05) is 0 Å². The highest BCUT2D eigenvalue weighted by Crippen LogP contribution is 2.23. The van der Waals surface area contributed by atoms with E-state index in [0.717, 1.165) is 38.2 Å². The lowest BCUT2D eigenvalue weighted by atomic mass is 9.96. The van der Waals surface area contributed by atoms with Crippen LogP contribution >= 0.6 is 24.8 Å². The average molecular weight is 305 g/mol. The van der Waals surface area contributed by atoms with E-state index >= 15 is 0 Å². The van der Waals surface area contributed by atoms with Crippen molar-refractivity contribution in [1.29, 1.82) is 0 Å². The summed E-state index contributed by atoms with van der Waals surface area (Å²) in [5.41, 5.74) is 8.55. The second kappa shape index (κ2) is 7.27. The normalized spacial score (nSPS) is 19.1. The molecule has 2 aliphatic rings. The van der Waals surface area contributed by atoms with Crippen molar-refractivity contribution >= 4 is 30.6 Å². The Labute approximate surface area is 127 Å². The van der Waals surface area contributed by atoms with Crippen molar-refractivity contribution < 1.29 is 0 Å². The van der Waals surface area contributed by atoms with Gasteiger partial charge in [0.2, 0.25) is 0 Å². The molecule has 1 fully saturated rings. The lowest BCUT2D eigenvalue weighted by Crippen LogP contribution is -2.40. The van der Waals surface area contributed by atoms with Crippen LogP contribution in [0.15, 0.2) is 6.07 Å². The van der Waals surface area contributed by atoms with Gasteiger partial charge in [0.05, 0.1) is 5.69 Å². The highest BCUT2D eigenvalue weighted by molar-refractivity contribution is 5.85. The second-order valence-electron chi connectivity index (χ2n) is 5.21. The second-order valence-corrected chi connectivity index (χ2v) is 5.21. The standard InChI is InChI=1S/C13H20N4.2ClH/c14-11-5-7-17(8-6-11)13-9-10-3-1-2-4-12(10)15-16-13;;/h9,11H,1-8,14H2;2*1H. The molecule has 0 aromatic carbocycles. The minimum atomic E-state index is 0. The summed E-state index contributed by atoms with van der Waals surface area (Å²) >= 11 is 0. The van der Waals surface area contributed by atoms with E-state index in [2.05, 4.69) is 21.2 Å². The molecule has 0 radical (unpaired) electrons. The monoisotopic (exact) mass is 304 g/mol. The summed E-state index contributed by atoms with van der Waals surface area (Å²) < 4.78 is 0. The van der Waals surface area contributed by atoms with Crippen molar-refractivity contribution in [3.05, 3.63) is 17.3 Å². The zero-order valence-corrected chi connectivity index (χ0v) is 12.7. The minimum absolute atomic E-state index is 0. The first-order chi connectivity index (χ1) is 8.33. The third-order valence-electron chi connectivity index (χ3n) is 3.92. The molecule has 3 rings (SSSR count). The van der Waals surface area contributed by atoms with Gasteiger partial charge in [-0.25, -0.2) is 0 Å². The fourth-order valence-electron chi connectivity index (χ4n) is 2.76. The van der Waals surface area contributed by atoms with Crippen LogP contribution in [-0.4, -0.2) is 29.3 Å². The number of piperidine rings is 1. The fourth-order valence-corrected chi connectivity index (χ4v) is 2.76. The lowest BCUT2D eigenvalue weighted by molar-refractivity contribution is 0.496. The van der Waals surface area contributed by atoms with E-state index in [9.17, 15) is 0 Å². The van der Waals surface area contributed by atoms with Crippen molar-refractivity contribution in [2.45, 2.75) is 44.6 Å². The van der Waals surface area contributed by atoms with Crippen LogP contribution in [0.3, 0.4) is 0 Å². The van der Waals surface area contributed by atoms with Crippen LogP contribution in [0.25, 0.3) is 0 Å². The first kappa shape index (κ1) is 16.5. The van der Waals surface area contributed by atoms with Crippen molar-refractivity contribution in [2.24, 2.45) is 5.73 Å². The Morgan fingerprint density at radius 2 is 1.74 bits per heavy atom. The van der Waals surface area contributed by atoms with Crippen LogP contribution in [-0.2, 0) is 12.8 Å². The summed E-state index contributed by atoms with van der Waals surface area (Å²) in [4.78, 5) is 2.32. The third-order valence-corrected chi connectivity index (χ3v) is 3.92. The molecule has 1 aromatic rings. The summed E-state index contributed by atoms with van der Waals surface area (Å²) in [5, 5.41) is 8.77. The molecule has 0 spiro atoms. The highest BCUT2D eigenvalue weighted by atomic mass is 35.5. The van der Waals surface area contributed by atoms with Gasteiger partial charge in [0.1, 0.15) is 0 Å². The zero-order chi connectivity index (χ0) is 11.7.